The van der Waals surface area contributed by atoms with E-state index >= 15 is 0 Å². The highest BCUT2D eigenvalue weighted by Crippen LogP contribution is 2.20. The van der Waals surface area contributed by atoms with Crippen LogP contribution in [0.5, 0.6) is 0 Å². The summed E-state index contributed by atoms with van der Waals surface area (Å²) < 4.78 is 5.77. The van der Waals surface area contributed by atoms with E-state index in [-0.39, 0.29) is 18.1 Å². The van der Waals surface area contributed by atoms with Gasteiger partial charge in [-0.25, -0.2) is 15.0 Å². The molecule has 0 radical (unpaired) electrons. The Bertz CT molecular complexity index is 826. The zero-order valence-corrected chi connectivity index (χ0v) is 18.5. The smallest absolute Gasteiger partial charge is 0.224 e. The Morgan fingerprint density at radius 1 is 1.21 bits per heavy atom. The average Bonchev–Trinajstić information content (AvgIpc) is 2.67. The van der Waals surface area contributed by atoms with Crippen molar-refractivity contribution in [3.63, 3.8) is 0 Å². The first-order valence-electron chi connectivity index (χ1n) is 9.90. The second kappa shape index (κ2) is 9.54. The Balaban J connectivity index is 1.56. The molecule has 29 heavy (non-hydrogen) atoms. The van der Waals surface area contributed by atoms with E-state index in [4.69, 9.17) is 4.74 Å². The Morgan fingerprint density at radius 3 is 2.41 bits per heavy atom. The van der Waals surface area contributed by atoms with Crippen molar-refractivity contribution in [2.24, 2.45) is 0 Å². The largest absolute Gasteiger partial charge is 0.372 e. The molecule has 0 unspecified atom stereocenters. The van der Waals surface area contributed by atoms with Crippen molar-refractivity contribution in [2.45, 2.75) is 57.9 Å². The molecule has 0 aromatic carbocycles. The molecule has 1 aliphatic heterocycles. The van der Waals surface area contributed by atoms with Crippen LogP contribution < -0.4 is 10.2 Å². The van der Waals surface area contributed by atoms with Crippen molar-refractivity contribution in [3.8, 4) is 0 Å². The van der Waals surface area contributed by atoms with E-state index in [0.29, 0.717) is 18.5 Å². The molecule has 2 aromatic heterocycles. The van der Waals surface area contributed by atoms with Crippen molar-refractivity contribution in [2.75, 3.05) is 29.6 Å². The molecular formula is C21H29N5O2S. The lowest BCUT2D eigenvalue weighted by atomic mass is 10.1. The standard InChI is InChI=1S/C21H29N5O2S/c1-13-11-26(12-14(2)28-13)19-8-6-17(10-22-19)25-20(27)9-7-18-15(3)23-21(29-5)24-16(18)4/h6,8,10,13-14H,7,9,11-12H2,1-5H3,(H,25,27)/t13-,14-/m0/s1. The van der Waals surface area contributed by atoms with Gasteiger partial charge in [0.2, 0.25) is 5.91 Å². The summed E-state index contributed by atoms with van der Waals surface area (Å²) in [5.41, 5.74) is 3.63. The number of rotatable bonds is 6. The summed E-state index contributed by atoms with van der Waals surface area (Å²) in [6, 6.07) is 3.85. The van der Waals surface area contributed by atoms with E-state index < -0.39 is 0 Å². The number of ether oxygens (including phenoxy) is 1. The first-order chi connectivity index (χ1) is 13.9. The number of hydrogen-bond donors (Lipinski definition) is 1. The van der Waals surface area contributed by atoms with Crippen molar-refractivity contribution in [3.05, 3.63) is 35.3 Å². The van der Waals surface area contributed by atoms with Crippen LogP contribution in [0, 0.1) is 13.8 Å². The van der Waals surface area contributed by atoms with Gasteiger partial charge in [0.05, 0.1) is 24.1 Å². The van der Waals surface area contributed by atoms with Gasteiger partial charge in [0.1, 0.15) is 5.82 Å². The van der Waals surface area contributed by atoms with E-state index in [9.17, 15) is 4.79 Å². The maximum Gasteiger partial charge on any atom is 0.224 e. The third-order valence-corrected chi connectivity index (χ3v) is 5.51. The van der Waals surface area contributed by atoms with Crippen LogP contribution in [-0.2, 0) is 16.0 Å². The summed E-state index contributed by atoms with van der Waals surface area (Å²) in [6.07, 6.45) is 5.03. The third-order valence-electron chi connectivity index (χ3n) is 4.96. The van der Waals surface area contributed by atoms with Gasteiger partial charge in [-0.1, -0.05) is 11.8 Å². The van der Waals surface area contributed by atoms with Crippen LogP contribution in [0.1, 0.15) is 37.2 Å². The van der Waals surface area contributed by atoms with E-state index in [1.807, 2.05) is 32.2 Å². The second-order valence-electron chi connectivity index (χ2n) is 7.48. The topological polar surface area (TPSA) is 80.2 Å². The monoisotopic (exact) mass is 415 g/mol. The lowest BCUT2D eigenvalue weighted by molar-refractivity contribution is -0.116. The summed E-state index contributed by atoms with van der Waals surface area (Å²) in [7, 11) is 0. The number of amides is 1. The molecular weight excluding hydrogens is 386 g/mol. The number of pyridine rings is 1. The van der Waals surface area contributed by atoms with Crippen LogP contribution in [-0.4, -0.2) is 52.4 Å². The first kappa shape index (κ1) is 21.5. The zero-order valence-electron chi connectivity index (χ0n) is 17.7. The molecule has 0 aliphatic carbocycles. The number of anilines is 2. The van der Waals surface area contributed by atoms with Gasteiger partial charge in [-0.2, -0.15) is 0 Å². The van der Waals surface area contributed by atoms with Gasteiger partial charge < -0.3 is 15.0 Å². The highest BCUT2D eigenvalue weighted by Gasteiger charge is 2.23. The maximum atomic E-state index is 12.4. The van der Waals surface area contributed by atoms with Crippen molar-refractivity contribution < 1.29 is 9.53 Å². The second-order valence-corrected chi connectivity index (χ2v) is 8.25. The van der Waals surface area contributed by atoms with E-state index in [0.717, 1.165) is 41.0 Å². The number of nitrogens with zero attached hydrogens (tertiary/aromatic N) is 4. The highest BCUT2D eigenvalue weighted by atomic mass is 32.2. The molecule has 7 nitrogen and oxygen atoms in total. The normalized spacial score (nSPS) is 19.3. The molecule has 0 bridgehead atoms. The molecule has 0 saturated carbocycles. The number of thioether (sulfide) groups is 1. The summed E-state index contributed by atoms with van der Waals surface area (Å²) in [6.45, 7) is 9.72. The lowest BCUT2D eigenvalue weighted by Gasteiger charge is -2.36. The van der Waals surface area contributed by atoms with Crippen molar-refractivity contribution >= 4 is 29.2 Å². The summed E-state index contributed by atoms with van der Waals surface area (Å²) in [5, 5.41) is 3.70. The Morgan fingerprint density at radius 2 is 1.86 bits per heavy atom. The third kappa shape index (κ3) is 5.67. The molecule has 0 spiro atoms. The first-order valence-corrected chi connectivity index (χ1v) is 11.1. The quantitative estimate of drug-likeness (QED) is 0.572. The Kier molecular flexibility index (Phi) is 7.08. The molecule has 1 fully saturated rings. The fraction of sp³-hybridized carbons (Fsp3) is 0.524. The Hall–Kier alpha value is -2.19. The zero-order chi connectivity index (χ0) is 21.0. The number of aromatic nitrogens is 3. The minimum absolute atomic E-state index is 0.0408. The molecule has 1 amide bonds. The van der Waals surface area contributed by atoms with Crippen molar-refractivity contribution in [1.82, 2.24) is 15.0 Å². The minimum atomic E-state index is -0.0408. The van der Waals surface area contributed by atoms with E-state index in [2.05, 4.69) is 39.0 Å². The maximum absolute atomic E-state index is 12.4. The predicted molar refractivity (Wildman–Crippen MR) is 117 cm³/mol. The Labute approximate surface area is 176 Å². The molecule has 1 aliphatic rings. The van der Waals surface area contributed by atoms with Gasteiger partial charge in [-0.05, 0) is 58.1 Å². The summed E-state index contributed by atoms with van der Waals surface area (Å²) >= 11 is 1.52. The van der Waals surface area contributed by atoms with Gasteiger partial charge >= 0.3 is 0 Å². The van der Waals surface area contributed by atoms with Gasteiger partial charge in [-0.15, -0.1) is 0 Å². The molecule has 2 atom stereocenters. The highest BCUT2D eigenvalue weighted by molar-refractivity contribution is 7.98. The molecule has 3 rings (SSSR count). The van der Waals surface area contributed by atoms with Gasteiger partial charge in [0, 0.05) is 30.9 Å². The number of carbonyl (C=O) groups is 1. The number of morpholine rings is 1. The summed E-state index contributed by atoms with van der Waals surface area (Å²) in [5.74, 6) is 0.864. The predicted octanol–water partition coefficient (Wildman–Crippen LogP) is 3.40. The van der Waals surface area contributed by atoms with E-state index in [1.54, 1.807) is 6.20 Å². The number of aryl methyl sites for hydroxylation is 2. The minimum Gasteiger partial charge on any atom is -0.372 e. The van der Waals surface area contributed by atoms with Crippen molar-refractivity contribution in [1.29, 1.82) is 0 Å². The fourth-order valence-corrected chi connectivity index (χ4v) is 4.09. The van der Waals surface area contributed by atoms with Gasteiger partial charge in [-0.3, -0.25) is 4.79 Å². The van der Waals surface area contributed by atoms with Gasteiger partial charge in [0.25, 0.3) is 0 Å². The molecule has 8 heteroatoms. The summed E-state index contributed by atoms with van der Waals surface area (Å²) in [4.78, 5) is 28.1. The molecule has 156 valence electrons. The molecule has 3 heterocycles. The molecule has 1 N–H and O–H groups in total. The van der Waals surface area contributed by atoms with Gasteiger partial charge in [0.15, 0.2) is 5.16 Å². The number of nitrogens with one attached hydrogen (secondary N) is 1. The van der Waals surface area contributed by atoms with Crippen LogP contribution in [0.2, 0.25) is 0 Å². The molecule has 1 saturated heterocycles. The van der Waals surface area contributed by atoms with Crippen LogP contribution in [0.15, 0.2) is 23.5 Å². The lowest BCUT2D eigenvalue weighted by Crippen LogP contribution is -2.45. The fourth-order valence-electron chi connectivity index (χ4n) is 3.64. The van der Waals surface area contributed by atoms with Crippen LogP contribution >= 0.6 is 11.8 Å². The number of carbonyl (C=O) groups excluding carboxylic acids is 1. The number of hydrogen-bond acceptors (Lipinski definition) is 7. The SMILES string of the molecule is CSc1nc(C)c(CCC(=O)Nc2ccc(N3C[C@H](C)O[C@@H](C)C3)nc2)c(C)n1. The van der Waals surface area contributed by atoms with Crippen LogP contribution in [0.25, 0.3) is 0 Å². The van der Waals surface area contributed by atoms with Crippen LogP contribution in [0.3, 0.4) is 0 Å². The van der Waals surface area contributed by atoms with E-state index in [1.165, 1.54) is 11.8 Å². The average molecular weight is 416 g/mol. The van der Waals surface area contributed by atoms with Crippen LogP contribution in [0.4, 0.5) is 11.5 Å². The molecule has 2 aromatic rings.